The Morgan fingerprint density at radius 2 is 1.89 bits per heavy atom. The lowest BCUT2D eigenvalue weighted by atomic mass is 10.2. The zero-order valence-electron chi connectivity index (χ0n) is 20.6. The minimum atomic E-state index is -0.528. The molecule has 11 nitrogen and oxygen atoms in total. The molecule has 0 saturated carbocycles. The van der Waals surface area contributed by atoms with Crippen LogP contribution in [0.3, 0.4) is 0 Å². The molecule has 36 heavy (non-hydrogen) atoms. The highest BCUT2D eigenvalue weighted by Crippen LogP contribution is 2.26. The number of hydrogen-bond donors (Lipinski definition) is 1. The molecule has 2 heterocycles. The third-order valence-corrected chi connectivity index (χ3v) is 6.12. The quantitative estimate of drug-likeness (QED) is 0.388. The third-order valence-electron chi connectivity index (χ3n) is 6.12. The number of nitrogens with zero attached hydrogens (tertiary/aromatic N) is 5. The highest BCUT2D eigenvalue weighted by Gasteiger charge is 2.24. The number of nitro groups is 1. The Morgan fingerprint density at radius 1 is 1.14 bits per heavy atom. The molecule has 2 aromatic carbocycles. The number of amides is 2. The predicted molar refractivity (Wildman–Crippen MR) is 135 cm³/mol. The molecule has 1 N–H and O–H groups in total. The van der Waals surface area contributed by atoms with Crippen LogP contribution in [0.4, 0.5) is 16.2 Å². The second-order valence-corrected chi connectivity index (χ2v) is 8.92. The first kappa shape index (κ1) is 25.1. The molecule has 1 aliphatic heterocycles. The van der Waals surface area contributed by atoms with E-state index < -0.39 is 10.8 Å². The molecule has 0 unspecified atom stereocenters. The minimum absolute atomic E-state index is 0.137. The first-order valence-electron chi connectivity index (χ1n) is 12.0. The summed E-state index contributed by atoms with van der Waals surface area (Å²) >= 11 is 0. The fraction of sp³-hybridized carbons (Fsp3) is 0.400. The lowest BCUT2D eigenvalue weighted by Gasteiger charge is -2.34. The lowest BCUT2D eigenvalue weighted by molar-refractivity contribution is -0.384. The highest BCUT2D eigenvalue weighted by atomic mass is 16.6. The first-order valence-corrected chi connectivity index (χ1v) is 12.0. The van der Waals surface area contributed by atoms with Gasteiger partial charge in [0.05, 0.1) is 29.1 Å². The summed E-state index contributed by atoms with van der Waals surface area (Å²) in [7, 11) is 0. The summed E-state index contributed by atoms with van der Waals surface area (Å²) in [4.78, 5) is 44.0. The van der Waals surface area contributed by atoms with Gasteiger partial charge in [-0.15, -0.1) is 0 Å². The average Bonchev–Trinajstić information content (AvgIpc) is 3.22. The van der Waals surface area contributed by atoms with E-state index in [1.54, 1.807) is 17.9 Å². The van der Waals surface area contributed by atoms with Crippen molar-refractivity contribution >= 4 is 34.4 Å². The van der Waals surface area contributed by atoms with Crippen molar-refractivity contribution in [2.75, 3.05) is 38.1 Å². The molecule has 0 aliphatic carbocycles. The summed E-state index contributed by atoms with van der Waals surface area (Å²) in [6, 6.07) is 11.3. The Morgan fingerprint density at radius 3 is 2.56 bits per heavy atom. The van der Waals surface area contributed by atoms with Gasteiger partial charge in [-0.3, -0.25) is 19.8 Å². The van der Waals surface area contributed by atoms with Crippen LogP contribution in [0.1, 0.15) is 43.0 Å². The smallest absolute Gasteiger partial charge is 0.409 e. The number of nitrogens with one attached hydrogen (secondary N) is 1. The van der Waals surface area contributed by atoms with Crippen LogP contribution in [0, 0.1) is 10.1 Å². The number of nitro benzene ring substituents is 1. The second kappa shape index (κ2) is 10.7. The molecule has 1 aromatic heterocycles. The van der Waals surface area contributed by atoms with Gasteiger partial charge in [0.2, 0.25) is 0 Å². The van der Waals surface area contributed by atoms with Crippen molar-refractivity contribution in [2.24, 2.45) is 0 Å². The molecular weight excluding hydrogens is 464 g/mol. The van der Waals surface area contributed by atoms with E-state index in [4.69, 9.17) is 9.72 Å². The van der Waals surface area contributed by atoms with E-state index in [1.807, 2.05) is 12.1 Å². The number of piperazine rings is 1. The van der Waals surface area contributed by atoms with Gasteiger partial charge in [0, 0.05) is 55.6 Å². The number of benzene rings is 2. The number of rotatable bonds is 7. The van der Waals surface area contributed by atoms with E-state index in [0.29, 0.717) is 31.9 Å². The van der Waals surface area contributed by atoms with Crippen LogP contribution in [-0.4, -0.2) is 69.1 Å². The molecule has 4 rings (SSSR count). The number of hydrogen-bond acceptors (Lipinski definition) is 7. The van der Waals surface area contributed by atoms with E-state index in [2.05, 4.69) is 28.6 Å². The average molecular weight is 495 g/mol. The van der Waals surface area contributed by atoms with Crippen molar-refractivity contribution in [1.29, 1.82) is 0 Å². The fourth-order valence-electron chi connectivity index (χ4n) is 4.38. The molecule has 0 radical (unpaired) electrons. The van der Waals surface area contributed by atoms with Crippen molar-refractivity contribution in [3.63, 3.8) is 0 Å². The third kappa shape index (κ3) is 5.46. The van der Waals surface area contributed by atoms with Gasteiger partial charge in [-0.2, -0.15) is 0 Å². The van der Waals surface area contributed by atoms with Gasteiger partial charge in [-0.25, -0.2) is 9.78 Å². The molecule has 0 atom stereocenters. The van der Waals surface area contributed by atoms with Gasteiger partial charge in [0.1, 0.15) is 5.82 Å². The van der Waals surface area contributed by atoms with Gasteiger partial charge >= 0.3 is 6.09 Å². The Hall–Kier alpha value is -3.99. The van der Waals surface area contributed by atoms with Crippen LogP contribution in [0.5, 0.6) is 0 Å². The van der Waals surface area contributed by atoms with Crippen LogP contribution < -0.4 is 5.32 Å². The van der Waals surface area contributed by atoms with Crippen LogP contribution in [0.25, 0.3) is 11.0 Å². The SMILES string of the molecule is CCOC(=O)N1CCN(Cc2nc3cc(NC(=O)c4cccc([N+](=O)[O-])c4)ccc3n2C(C)C)CC1. The Labute approximate surface area is 208 Å². The molecule has 3 aromatic rings. The molecule has 0 spiro atoms. The van der Waals surface area contributed by atoms with E-state index in [-0.39, 0.29) is 23.4 Å². The summed E-state index contributed by atoms with van der Waals surface area (Å²) in [5.41, 5.74) is 2.34. The zero-order chi connectivity index (χ0) is 25.8. The summed E-state index contributed by atoms with van der Waals surface area (Å²) in [5, 5.41) is 13.8. The summed E-state index contributed by atoms with van der Waals surface area (Å²) in [5.74, 6) is 0.479. The molecule has 1 aliphatic rings. The van der Waals surface area contributed by atoms with Gasteiger partial charge in [0.25, 0.3) is 11.6 Å². The number of carbonyl (C=O) groups is 2. The molecule has 1 fully saturated rings. The maximum Gasteiger partial charge on any atom is 0.409 e. The van der Waals surface area contributed by atoms with Gasteiger partial charge in [-0.1, -0.05) is 6.07 Å². The normalized spacial score (nSPS) is 14.3. The van der Waals surface area contributed by atoms with Crippen LogP contribution in [0.15, 0.2) is 42.5 Å². The predicted octanol–water partition coefficient (Wildman–Crippen LogP) is 4.05. The van der Waals surface area contributed by atoms with Crippen molar-refractivity contribution in [1.82, 2.24) is 19.4 Å². The molecular formula is C25H30N6O5. The van der Waals surface area contributed by atoms with Crippen molar-refractivity contribution < 1.29 is 19.2 Å². The highest BCUT2D eigenvalue weighted by molar-refractivity contribution is 6.05. The van der Waals surface area contributed by atoms with Gasteiger partial charge in [-0.05, 0) is 45.0 Å². The van der Waals surface area contributed by atoms with Gasteiger partial charge in [0.15, 0.2) is 0 Å². The van der Waals surface area contributed by atoms with E-state index in [1.165, 1.54) is 24.3 Å². The summed E-state index contributed by atoms with van der Waals surface area (Å²) < 4.78 is 7.28. The maximum absolute atomic E-state index is 12.7. The van der Waals surface area contributed by atoms with E-state index >= 15 is 0 Å². The van der Waals surface area contributed by atoms with Gasteiger partial charge < -0.3 is 19.5 Å². The molecule has 1 saturated heterocycles. The number of aromatic nitrogens is 2. The number of anilines is 1. The number of non-ortho nitro benzene ring substituents is 1. The number of ether oxygens (including phenoxy) is 1. The Kier molecular flexibility index (Phi) is 7.49. The standard InChI is InChI=1S/C25H30N6O5/c1-4-36-25(33)29-12-10-28(11-13-29)16-23-27-21-15-19(8-9-22(21)30(23)17(2)3)26-24(32)18-6-5-7-20(14-18)31(34)35/h5-9,14-15,17H,4,10-13,16H2,1-3H3,(H,26,32). The number of fused-ring (bicyclic) bond motifs is 1. The van der Waals surface area contributed by atoms with Crippen molar-refractivity contribution in [3.8, 4) is 0 Å². The Balaban J connectivity index is 1.50. The molecule has 0 bridgehead atoms. The van der Waals surface area contributed by atoms with Crippen molar-refractivity contribution in [2.45, 2.75) is 33.4 Å². The number of imidazole rings is 1. The largest absolute Gasteiger partial charge is 0.450 e. The van der Waals surface area contributed by atoms with Crippen LogP contribution in [0.2, 0.25) is 0 Å². The number of carbonyl (C=O) groups excluding carboxylic acids is 2. The molecule has 2 amide bonds. The second-order valence-electron chi connectivity index (χ2n) is 8.92. The minimum Gasteiger partial charge on any atom is -0.450 e. The molecule has 11 heteroatoms. The zero-order valence-corrected chi connectivity index (χ0v) is 20.6. The maximum atomic E-state index is 12.7. The molecule has 190 valence electrons. The monoisotopic (exact) mass is 494 g/mol. The Bertz CT molecular complexity index is 1280. The van der Waals surface area contributed by atoms with E-state index in [0.717, 1.165) is 29.9 Å². The van der Waals surface area contributed by atoms with E-state index in [9.17, 15) is 19.7 Å². The topological polar surface area (TPSA) is 123 Å². The fourth-order valence-corrected chi connectivity index (χ4v) is 4.38. The van der Waals surface area contributed by atoms with Crippen LogP contribution >= 0.6 is 0 Å². The lowest BCUT2D eigenvalue weighted by Crippen LogP contribution is -2.48. The summed E-state index contributed by atoms with van der Waals surface area (Å²) in [6.45, 7) is 9.67. The van der Waals surface area contributed by atoms with Crippen LogP contribution in [-0.2, 0) is 11.3 Å². The summed E-state index contributed by atoms with van der Waals surface area (Å²) in [6.07, 6.45) is -0.272. The van der Waals surface area contributed by atoms with Crippen molar-refractivity contribution in [3.05, 3.63) is 64.0 Å². The first-order chi connectivity index (χ1) is 17.3.